The number of hydrogen-bond acceptors (Lipinski definition) is 3. The zero-order valence-electron chi connectivity index (χ0n) is 9.03. The van der Waals surface area contributed by atoms with Crippen molar-refractivity contribution in [2.24, 2.45) is 0 Å². The quantitative estimate of drug-likeness (QED) is 0.743. The highest BCUT2D eigenvalue weighted by Crippen LogP contribution is 2.36. The first-order valence-electron chi connectivity index (χ1n) is 4.76. The minimum Gasteiger partial charge on any atom is -0.492 e. The molecule has 1 radical (unpaired) electrons. The van der Waals surface area contributed by atoms with Gasteiger partial charge in [0.05, 0.1) is 18.9 Å². The number of rotatable bonds is 2. The summed E-state index contributed by atoms with van der Waals surface area (Å²) in [5.41, 5.74) is 3.24. The van der Waals surface area contributed by atoms with Crippen LogP contribution in [0, 0.1) is 6.26 Å². The Morgan fingerprint density at radius 1 is 1.40 bits per heavy atom. The summed E-state index contributed by atoms with van der Waals surface area (Å²) in [6.07, 6.45) is 7.79. The van der Waals surface area contributed by atoms with Gasteiger partial charge in [-0.25, -0.2) is 0 Å². The van der Waals surface area contributed by atoms with E-state index < -0.39 is 0 Å². The Hall–Kier alpha value is -1.64. The molecule has 0 N–H and O–H groups in total. The summed E-state index contributed by atoms with van der Waals surface area (Å²) in [5.74, 6) is 0.599. The van der Waals surface area contributed by atoms with Crippen molar-refractivity contribution < 1.29 is 13.9 Å². The van der Waals surface area contributed by atoms with Gasteiger partial charge in [-0.3, -0.25) is 0 Å². The summed E-state index contributed by atoms with van der Waals surface area (Å²) in [5, 5.41) is 0. The van der Waals surface area contributed by atoms with Gasteiger partial charge >= 0.3 is 0 Å². The minimum absolute atomic E-state index is 0.125. The fourth-order valence-corrected chi connectivity index (χ4v) is 1.57. The molecule has 1 atom stereocenters. The molecule has 0 aromatic carbocycles. The van der Waals surface area contributed by atoms with E-state index in [0.717, 1.165) is 11.1 Å². The van der Waals surface area contributed by atoms with Gasteiger partial charge in [-0.05, 0) is 31.1 Å². The number of ether oxygens (including phenoxy) is 2. The van der Waals surface area contributed by atoms with Crippen molar-refractivity contribution in [3.05, 3.63) is 41.6 Å². The summed E-state index contributed by atoms with van der Waals surface area (Å²) in [7, 11) is 1.59. The molecule has 0 bridgehead atoms. The van der Waals surface area contributed by atoms with E-state index in [4.69, 9.17) is 13.9 Å². The Kier molecular flexibility index (Phi) is 2.54. The van der Waals surface area contributed by atoms with Crippen LogP contribution >= 0.6 is 0 Å². The third kappa shape index (κ3) is 1.65. The molecule has 79 valence electrons. The number of methoxy groups -OCH3 is 1. The monoisotopic (exact) mass is 205 g/mol. The van der Waals surface area contributed by atoms with E-state index in [1.807, 2.05) is 13.0 Å². The maximum atomic E-state index is 5.55. The molecular formula is C12H13O3. The molecule has 0 saturated heterocycles. The molecule has 1 aliphatic heterocycles. The summed E-state index contributed by atoms with van der Waals surface area (Å²) >= 11 is 0. The standard InChI is InChI=1S/C12H13O3/c1-8-4-5-15-12(9(8)2)10-6-14-7-11(10)13-3/h4-6,12H,1-3H3. The second-order valence-electron chi connectivity index (χ2n) is 3.51. The average molecular weight is 205 g/mol. The second kappa shape index (κ2) is 3.85. The Bertz CT molecular complexity index is 412. The van der Waals surface area contributed by atoms with Crippen molar-refractivity contribution in [3.63, 3.8) is 0 Å². The number of hydrogen-bond donors (Lipinski definition) is 0. The number of furan rings is 1. The van der Waals surface area contributed by atoms with Crippen molar-refractivity contribution in [1.29, 1.82) is 0 Å². The van der Waals surface area contributed by atoms with Gasteiger partial charge in [0.2, 0.25) is 6.26 Å². The molecule has 0 fully saturated rings. The van der Waals surface area contributed by atoms with E-state index in [9.17, 15) is 0 Å². The van der Waals surface area contributed by atoms with Crippen LogP contribution in [0.1, 0.15) is 25.5 Å². The van der Waals surface area contributed by atoms with Gasteiger partial charge in [0, 0.05) is 0 Å². The molecule has 1 unspecified atom stereocenters. The molecule has 3 heteroatoms. The zero-order chi connectivity index (χ0) is 10.8. The Labute approximate surface area is 89.0 Å². The van der Waals surface area contributed by atoms with Crippen LogP contribution in [0.5, 0.6) is 5.75 Å². The van der Waals surface area contributed by atoms with Crippen molar-refractivity contribution in [3.8, 4) is 5.75 Å². The second-order valence-corrected chi connectivity index (χ2v) is 3.51. The maximum absolute atomic E-state index is 5.55. The van der Waals surface area contributed by atoms with E-state index in [0.29, 0.717) is 5.75 Å². The molecule has 1 aliphatic rings. The van der Waals surface area contributed by atoms with Gasteiger partial charge in [0.25, 0.3) is 0 Å². The highest BCUT2D eigenvalue weighted by molar-refractivity contribution is 5.39. The maximum Gasteiger partial charge on any atom is 0.215 e. The van der Waals surface area contributed by atoms with Crippen LogP contribution < -0.4 is 4.74 Å². The van der Waals surface area contributed by atoms with Crippen LogP contribution in [-0.4, -0.2) is 7.11 Å². The topological polar surface area (TPSA) is 31.6 Å². The van der Waals surface area contributed by atoms with Crippen LogP contribution in [-0.2, 0) is 4.74 Å². The predicted octanol–water partition coefficient (Wildman–Crippen LogP) is 3.01. The highest BCUT2D eigenvalue weighted by Gasteiger charge is 2.23. The van der Waals surface area contributed by atoms with E-state index in [1.54, 1.807) is 19.6 Å². The Balaban J connectivity index is 2.37. The molecule has 0 amide bonds. The third-order valence-corrected chi connectivity index (χ3v) is 2.63. The molecule has 0 aliphatic carbocycles. The largest absolute Gasteiger partial charge is 0.492 e. The Morgan fingerprint density at radius 3 is 2.93 bits per heavy atom. The first kappa shape index (κ1) is 9.90. The van der Waals surface area contributed by atoms with Crippen LogP contribution in [0.2, 0.25) is 0 Å². The summed E-state index contributed by atoms with van der Waals surface area (Å²) in [6.45, 7) is 4.09. The van der Waals surface area contributed by atoms with Gasteiger partial charge in [-0.2, -0.15) is 0 Å². The van der Waals surface area contributed by atoms with Crippen LogP contribution in [0.25, 0.3) is 0 Å². The van der Waals surface area contributed by atoms with Gasteiger partial charge in [0.15, 0.2) is 11.9 Å². The molecule has 0 spiro atoms. The predicted molar refractivity (Wildman–Crippen MR) is 55.4 cm³/mol. The fraction of sp³-hybridized carbons (Fsp3) is 0.333. The Morgan fingerprint density at radius 2 is 2.20 bits per heavy atom. The first-order chi connectivity index (χ1) is 7.24. The zero-order valence-corrected chi connectivity index (χ0v) is 9.03. The van der Waals surface area contributed by atoms with Gasteiger partial charge in [-0.1, -0.05) is 0 Å². The molecule has 15 heavy (non-hydrogen) atoms. The average Bonchev–Trinajstić information content (AvgIpc) is 2.70. The van der Waals surface area contributed by atoms with Gasteiger partial charge in [0.1, 0.15) is 6.26 Å². The van der Waals surface area contributed by atoms with E-state index in [-0.39, 0.29) is 6.10 Å². The highest BCUT2D eigenvalue weighted by atomic mass is 16.5. The van der Waals surface area contributed by atoms with Crippen LogP contribution in [0.3, 0.4) is 0 Å². The lowest BCUT2D eigenvalue weighted by Gasteiger charge is -2.21. The smallest absolute Gasteiger partial charge is 0.215 e. The number of allylic oxidation sites excluding steroid dienone is 2. The molecule has 2 rings (SSSR count). The molecule has 2 heterocycles. The summed E-state index contributed by atoms with van der Waals surface area (Å²) in [4.78, 5) is 0. The van der Waals surface area contributed by atoms with E-state index in [2.05, 4.69) is 13.2 Å². The van der Waals surface area contributed by atoms with Crippen LogP contribution in [0.4, 0.5) is 0 Å². The first-order valence-corrected chi connectivity index (χ1v) is 4.76. The van der Waals surface area contributed by atoms with Crippen LogP contribution in [0.15, 0.2) is 34.2 Å². The fourth-order valence-electron chi connectivity index (χ4n) is 1.57. The summed E-state index contributed by atoms with van der Waals surface area (Å²) < 4.78 is 15.7. The van der Waals surface area contributed by atoms with Crippen molar-refractivity contribution >= 4 is 0 Å². The van der Waals surface area contributed by atoms with E-state index in [1.165, 1.54) is 5.57 Å². The third-order valence-electron chi connectivity index (χ3n) is 2.63. The van der Waals surface area contributed by atoms with Crippen molar-refractivity contribution in [1.82, 2.24) is 0 Å². The van der Waals surface area contributed by atoms with E-state index >= 15 is 0 Å². The van der Waals surface area contributed by atoms with Gasteiger partial charge in [-0.15, -0.1) is 0 Å². The van der Waals surface area contributed by atoms with Gasteiger partial charge < -0.3 is 13.9 Å². The van der Waals surface area contributed by atoms with Crippen molar-refractivity contribution in [2.75, 3.05) is 7.11 Å². The minimum atomic E-state index is -0.125. The lowest BCUT2D eigenvalue weighted by atomic mass is 9.99. The van der Waals surface area contributed by atoms with Crippen molar-refractivity contribution in [2.45, 2.75) is 20.0 Å². The normalized spacial score (nSPS) is 20.3. The molecule has 1 aromatic rings. The summed E-state index contributed by atoms with van der Waals surface area (Å²) in [6, 6.07) is 0. The molecular weight excluding hydrogens is 192 g/mol. The SMILES string of the molecule is COc1[c]occ1C1OC=CC(C)=C1C. The molecule has 3 nitrogen and oxygen atoms in total. The lowest BCUT2D eigenvalue weighted by molar-refractivity contribution is 0.169. The molecule has 0 saturated carbocycles. The lowest BCUT2D eigenvalue weighted by Crippen LogP contribution is -2.07. The molecule has 1 aromatic heterocycles.